The lowest BCUT2D eigenvalue weighted by Crippen LogP contribution is -2.11. The second-order valence-electron chi connectivity index (χ2n) is 5.07. The highest BCUT2D eigenvalue weighted by Crippen LogP contribution is 2.41. The van der Waals surface area contributed by atoms with Crippen LogP contribution in [0.25, 0.3) is 32.0 Å². The van der Waals surface area contributed by atoms with E-state index in [1.54, 1.807) is 18.3 Å². The van der Waals surface area contributed by atoms with Crippen LogP contribution in [0.5, 0.6) is 5.75 Å². The molecule has 0 aliphatic heterocycles. The highest BCUT2D eigenvalue weighted by atomic mass is 32.1. The lowest BCUT2D eigenvalue weighted by atomic mass is 10.2. The summed E-state index contributed by atoms with van der Waals surface area (Å²) in [6.07, 6.45) is 1.59. The van der Waals surface area contributed by atoms with Crippen molar-refractivity contribution in [1.29, 1.82) is 0 Å². The van der Waals surface area contributed by atoms with Gasteiger partial charge in [-0.05, 0) is 19.1 Å². The number of hydrogen-bond donors (Lipinski definition) is 3. The van der Waals surface area contributed by atoms with Crippen LogP contribution >= 0.6 is 11.3 Å². The van der Waals surface area contributed by atoms with Crippen molar-refractivity contribution in [3.05, 3.63) is 40.0 Å². The van der Waals surface area contributed by atoms with Crippen molar-refractivity contribution in [1.82, 2.24) is 15.0 Å². The van der Waals surface area contributed by atoms with Crippen molar-refractivity contribution < 1.29 is 19.4 Å². The number of H-pyrrole nitrogens is 1. The SMILES string of the molecule is Cc1oc2nc(-c3sc4ncccc4c3O)[nH]c(=O)c2c1C(=O)O. The molecule has 0 atom stereocenters. The summed E-state index contributed by atoms with van der Waals surface area (Å²) < 4.78 is 5.31. The molecule has 0 unspecified atom stereocenters. The van der Waals surface area contributed by atoms with Crippen molar-refractivity contribution in [3.63, 3.8) is 0 Å². The normalized spacial score (nSPS) is 11.4. The maximum atomic E-state index is 12.3. The third-order valence-electron chi connectivity index (χ3n) is 3.61. The molecule has 0 radical (unpaired) electrons. The first-order valence-electron chi connectivity index (χ1n) is 6.81. The van der Waals surface area contributed by atoms with Gasteiger partial charge in [-0.3, -0.25) is 4.79 Å². The first-order valence-corrected chi connectivity index (χ1v) is 7.62. The zero-order chi connectivity index (χ0) is 17.0. The van der Waals surface area contributed by atoms with Gasteiger partial charge < -0.3 is 19.6 Å². The molecule has 8 nitrogen and oxygen atoms in total. The monoisotopic (exact) mass is 343 g/mol. The minimum absolute atomic E-state index is 0.0488. The van der Waals surface area contributed by atoms with Gasteiger partial charge in [0, 0.05) is 6.20 Å². The molecule has 3 N–H and O–H groups in total. The number of thiophene rings is 1. The van der Waals surface area contributed by atoms with Crippen molar-refractivity contribution in [3.8, 4) is 16.5 Å². The molecule has 0 aromatic carbocycles. The van der Waals surface area contributed by atoms with E-state index in [0.29, 0.717) is 15.1 Å². The molecule has 0 aliphatic carbocycles. The van der Waals surface area contributed by atoms with E-state index in [0.717, 1.165) is 11.3 Å². The number of carbonyl (C=O) groups is 1. The van der Waals surface area contributed by atoms with Gasteiger partial charge in [-0.2, -0.15) is 4.98 Å². The molecule has 4 heterocycles. The van der Waals surface area contributed by atoms with Crippen LogP contribution in [0.4, 0.5) is 0 Å². The molecule has 0 aliphatic rings. The van der Waals surface area contributed by atoms with Gasteiger partial charge in [0.25, 0.3) is 5.56 Å². The molecular formula is C15H9N3O5S. The first-order chi connectivity index (χ1) is 11.5. The molecule has 0 saturated carbocycles. The van der Waals surface area contributed by atoms with E-state index >= 15 is 0 Å². The highest BCUT2D eigenvalue weighted by molar-refractivity contribution is 7.22. The third kappa shape index (κ3) is 1.91. The molecule has 4 rings (SSSR count). The van der Waals surface area contributed by atoms with E-state index in [2.05, 4.69) is 15.0 Å². The number of aromatic carboxylic acids is 1. The molecule has 120 valence electrons. The number of fused-ring (bicyclic) bond motifs is 2. The third-order valence-corrected chi connectivity index (χ3v) is 4.72. The summed E-state index contributed by atoms with van der Waals surface area (Å²) >= 11 is 1.16. The topological polar surface area (TPSA) is 129 Å². The van der Waals surface area contributed by atoms with E-state index in [1.165, 1.54) is 6.92 Å². The Labute approximate surface area is 137 Å². The number of aromatic amines is 1. The number of rotatable bonds is 2. The molecule has 0 bridgehead atoms. The summed E-state index contributed by atoms with van der Waals surface area (Å²) in [5.74, 6) is -1.12. The zero-order valence-electron chi connectivity index (χ0n) is 12.2. The maximum absolute atomic E-state index is 12.3. The van der Waals surface area contributed by atoms with E-state index in [4.69, 9.17) is 4.42 Å². The van der Waals surface area contributed by atoms with Gasteiger partial charge in [0.05, 0.1) is 5.39 Å². The Morgan fingerprint density at radius 2 is 2.21 bits per heavy atom. The molecule has 0 saturated heterocycles. The number of carboxylic acids is 1. The number of hydrogen-bond acceptors (Lipinski definition) is 7. The molecule has 0 amide bonds. The Hall–Kier alpha value is -3.20. The lowest BCUT2D eigenvalue weighted by Gasteiger charge is -1.98. The molecule has 4 aromatic rings. The molecular weight excluding hydrogens is 334 g/mol. The van der Waals surface area contributed by atoms with Gasteiger partial charge >= 0.3 is 5.97 Å². The van der Waals surface area contributed by atoms with Crippen LogP contribution in [-0.4, -0.2) is 31.1 Å². The predicted molar refractivity (Wildman–Crippen MR) is 86.6 cm³/mol. The Kier molecular flexibility index (Phi) is 2.94. The van der Waals surface area contributed by atoms with Crippen LogP contribution in [0, 0.1) is 6.92 Å². The fraction of sp³-hybridized carbons (Fsp3) is 0.0667. The summed E-state index contributed by atoms with van der Waals surface area (Å²) in [6, 6.07) is 3.39. The Morgan fingerprint density at radius 1 is 1.42 bits per heavy atom. The number of aryl methyl sites for hydroxylation is 1. The van der Waals surface area contributed by atoms with Crippen LogP contribution in [-0.2, 0) is 0 Å². The van der Waals surface area contributed by atoms with Gasteiger partial charge in [0.15, 0.2) is 5.82 Å². The van der Waals surface area contributed by atoms with Crippen molar-refractivity contribution in [2.45, 2.75) is 6.92 Å². The molecule has 4 aromatic heterocycles. The van der Waals surface area contributed by atoms with Crippen molar-refractivity contribution in [2.75, 3.05) is 0 Å². The zero-order valence-corrected chi connectivity index (χ0v) is 13.0. The van der Waals surface area contributed by atoms with Crippen LogP contribution < -0.4 is 5.56 Å². The number of carboxylic acid groups (broad SMARTS) is 1. The van der Waals surface area contributed by atoms with Gasteiger partial charge in [0.2, 0.25) is 5.71 Å². The van der Waals surface area contributed by atoms with Crippen LogP contribution in [0.3, 0.4) is 0 Å². The quantitative estimate of drug-likeness (QED) is 0.510. The summed E-state index contributed by atoms with van der Waals surface area (Å²) in [6.45, 7) is 1.45. The van der Waals surface area contributed by atoms with E-state index in [9.17, 15) is 19.8 Å². The second kappa shape index (κ2) is 4.90. The van der Waals surface area contributed by atoms with Crippen molar-refractivity contribution in [2.24, 2.45) is 0 Å². The van der Waals surface area contributed by atoms with E-state index < -0.39 is 11.5 Å². The maximum Gasteiger partial charge on any atom is 0.340 e. The fourth-order valence-corrected chi connectivity index (χ4v) is 3.55. The standard InChI is InChI=1S/C15H9N3O5S/c1-5-7(15(21)22)8-12(20)17-11(18-13(8)23-5)10-9(19)6-3-2-4-16-14(6)24-10/h2-4,19H,1H3,(H,21,22)(H,17,18,20). The summed E-state index contributed by atoms with van der Waals surface area (Å²) in [5, 5.41) is 20.0. The predicted octanol–water partition coefficient (Wildman–Crippen LogP) is 2.51. The average molecular weight is 343 g/mol. The van der Waals surface area contributed by atoms with Crippen molar-refractivity contribution >= 4 is 38.6 Å². The summed E-state index contributed by atoms with van der Waals surface area (Å²) in [7, 11) is 0. The van der Waals surface area contributed by atoms with Gasteiger partial charge in [0.1, 0.15) is 32.2 Å². The number of pyridine rings is 1. The molecule has 0 fully saturated rings. The summed E-state index contributed by atoms with van der Waals surface area (Å²) in [5.41, 5.74) is -0.949. The first kappa shape index (κ1) is 14.4. The Morgan fingerprint density at radius 3 is 2.92 bits per heavy atom. The molecule has 0 spiro atoms. The van der Waals surface area contributed by atoms with E-state index in [1.807, 2.05) is 0 Å². The van der Waals surface area contributed by atoms with Crippen LogP contribution in [0.1, 0.15) is 16.1 Å². The number of furan rings is 1. The Bertz CT molecular complexity index is 1190. The number of nitrogens with zero attached hydrogens (tertiary/aromatic N) is 2. The van der Waals surface area contributed by atoms with Gasteiger partial charge in [-0.1, -0.05) is 0 Å². The second-order valence-corrected chi connectivity index (χ2v) is 6.07. The minimum Gasteiger partial charge on any atom is -0.506 e. The number of aromatic hydroxyl groups is 1. The smallest absolute Gasteiger partial charge is 0.340 e. The average Bonchev–Trinajstić information content (AvgIpc) is 3.05. The van der Waals surface area contributed by atoms with E-state index in [-0.39, 0.29) is 34.0 Å². The minimum atomic E-state index is -1.26. The number of aromatic nitrogens is 3. The molecule has 24 heavy (non-hydrogen) atoms. The lowest BCUT2D eigenvalue weighted by molar-refractivity contribution is 0.0697. The molecule has 9 heteroatoms. The van der Waals surface area contributed by atoms with Crippen LogP contribution in [0.2, 0.25) is 0 Å². The summed E-state index contributed by atoms with van der Waals surface area (Å²) in [4.78, 5) is 35.4. The van der Waals surface area contributed by atoms with Crippen LogP contribution in [0.15, 0.2) is 27.5 Å². The van der Waals surface area contributed by atoms with Gasteiger partial charge in [-0.25, -0.2) is 9.78 Å². The number of nitrogens with one attached hydrogen (secondary N) is 1. The highest BCUT2D eigenvalue weighted by Gasteiger charge is 2.24. The Balaban J connectivity index is 2.03. The largest absolute Gasteiger partial charge is 0.506 e. The fourth-order valence-electron chi connectivity index (χ4n) is 2.56. The van der Waals surface area contributed by atoms with Gasteiger partial charge in [-0.15, -0.1) is 11.3 Å².